The first-order valence-corrected chi connectivity index (χ1v) is 13.7. The smallest absolute Gasteiger partial charge is 0.243 e. The highest BCUT2D eigenvalue weighted by molar-refractivity contribution is 7.99. The van der Waals surface area contributed by atoms with Gasteiger partial charge in [-0.1, -0.05) is 6.92 Å². The molecule has 0 radical (unpaired) electrons. The van der Waals surface area contributed by atoms with Gasteiger partial charge in [-0.25, -0.2) is 8.42 Å². The van der Waals surface area contributed by atoms with Crippen LogP contribution in [0.3, 0.4) is 0 Å². The maximum Gasteiger partial charge on any atom is 0.243 e. The number of anilines is 1. The fourth-order valence-corrected chi connectivity index (χ4v) is 6.76. The zero-order chi connectivity index (χ0) is 22.7. The number of nitrogens with one attached hydrogen (secondary N) is 1. The number of rotatable bonds is 6. The third-order valence-corrected chi connectivity index (χ3v) is 9.29. The molecule has 32 heavy (non-hydrogen) atoms. The quantitative estimate of drug-likeness (QED) is 0.670. The van der Waals surface area contributed by atoms with Gasteiger partial charge >= 0.3 is 0 Å². The summed E-state index contributed by atoms with van der Waals surface area (Å²) >= 11 is 1.51. The van der Waals surface area contributed by atoms with Gasteiger partial charge in [0.15, 0.2) is 0 Å². The highest BCUT2D eigenvalue weighted by Crippen LogP contribution is 2.37. The van der Waals surface area contributed by atoms with Crippen LogP contribution >= 0.6 is 11.8 Å². The lowest BCUT2D eigenvalue weighted by molar-refractivity contribution is -0.124. The first-order chi connectivity index (χ1) is 15.3. The Bertz CT molecular complexity index is 954. The Kier molecular flexibility index (Phi) is 7.44. The SMILES string of the molecule is CC1CCN(S(=O)(=O)c2ccc3c(c2)N(CC(=O)NCC2CCCO2)C(=O)CCS3)CC1. The van der Waals surface area contributed by atoms with Gasteiger partial charge in [0, 0.05) is 43.3 Å². The van der Waals surface area contributed by atoms with E-state index in [0.29, 0.717) is 50.0 Å². The van der Waals surface area contributed by atoms with Crippen molar-refractivity contribution >= 4 is 39.3 Å². The minimum atomic E-state index is -3.65. The third kappa shape index (κ3) is 5.30. The van der Waals surface area contributed by atoms with Crippen LogP contribution in [-0.4, -0.2) is 69.2 Å². The second-order valence-electron chi connectivity index (χ2n) is 8.73. The summed E-state index contributed by atoms with van der Waals surface area (Å²) < 4.78 is 33.6. The van der Waals surface area contributed by atoms with E-state index in [4.69, 9.17) is 4.74 Å². The predicted octanol–water partition coefficient (Wildman–Crippen LogP) is 2.23. The van der Waals surface area contributed by atoms with Crippen molar-refractivity contribution in [1.82, 2.24) is 9.62 Å². The molecule has 1 aromatic carbocycles. The second kappa shape index (κ2) is 10.1. The van der Waals surface area contributed by atoms with E-state index < -0.39 is 10.0 Å². The van der Waals surface area contributed by atoms with Crippen LogP contribution in [0.4, 0.5) is 5.69 Å². The molecule has 3 heterocycles. The van der Waals surface area contributed by atoms with Crippen LogP contribution in [0.25, 0.3) is 0 Å². The highest BCUT2D eigenvalue weighted by Gasteiger charge is 2.31. The molecule has 176 valence electrons. The van der Waals surface area contributed by atoms with Crippen molar-refractivity contribution in [2.45, 2.75) is 54.9 Å². The van der Waals surface area contributed by atoms with Crippen LogP contribution in [0, 0.1) is 5.92 Å². The number of hydrogen-bond donors (Lipinski definition) is 1. The molecule has 3 aliphatic heterocycles. The predicted molar refractivity (Wildman–Crippen MR) is 123 cm³/mol. The van der Waals surface area contributed by atoms with E-state index in [1.54, 1.807) is 18.2 Å². The number of ether oxygens (including phenoxy) is 1. The van der Waals surface area contributed by atoms with Gasteiger partial charge in [-0.05, 0) is 49.8 Å². The van der Waals surface area contributed by atoms with E-state index in [1.807, 2.05) is 0 Å². The number of hydrogen-bond acceptors (Lipinski definition) is 6. The molecule has 4 rings (SSSR count). The zero-order valence-electron chi connectivity index (χ0n) is 18.4. The molecule has 0 spiro atoms. The summed E-state index contributed by atoms with van der Waals surface area (Å²) in [6.45, 7) is 4.14. The van der Waals surface area contributed by atoms with Crippen LogP contribution in [0.2, 0.25) is 0 Å². The van der Waals surface area contributed by atoms with Crippen LogP contribution in [0.1, 0.15) is 39.0 Å². The molecule has 2 fully saturated rings. The van der Waals surface area contributed by atoms with Crippen molar-refractivity contribution in [3.8, 4) is 0 Å². The Balaban J connectivity index is 1.54. The summed E-state index contributed by atoms with van der Waals surface area (Å²) in [7, 11) is -3.65. The van der Waals surface area contributed by atoms with Gasteiger partial charge < -0.3 is 15.0 Å². The average Bonchev–Trinajstić information content (AvgIpc) is 3.25. The number of nitrogens with zero attached hydrogens (tertiary/aromatic N) is 2. The van der Waals surface area contributed by atoms with Crippen LogP contribution < -0.4 is 10.2 Å². The lowest BCUT2D eigenvalue weighted by Gasteiger charge is -2.30. The normalized spacial score (nSPS) is 23.1. The van der Waals surface area contributed by atoms with Crippen molar-refractivity contribution in [3.05, 3.63) is 18.2 Å². The van der Waals surface area contributed by atoms with Crippen LogP contribution in [0.5, 0.6) is 0 Å². The van der Waals surface area contributed by atoms with Crippen molar-refractivity contribution < 1.29 is 22.7 Å². The van der Waals surface area contributed by atoms with Crippen LogP contribution in [-0.2, 0) is 24.3 Å². The molecular weight excluding hydrogens is 450 g/mol. The third-order valence-electron chi connectivity index (χ3n) is 6.33. The molecule has 1 unspecified atom stereocenters. The van der Waals surface area contributed by atoms with Crippen molar-refractivity contribution in [1.29, 1.82) is 0 Å². The largest absolute Gasteiger partial charge is 0.376 e. The lowest BCUT2D eigenvalue weighted by Crippen LogP contribution is -2.43. The monoisotopic (exact) mass is 481 g/mol. The number of piperidine rings is 1. The standard InChI is InChI=1S/C22H31N3O5S2/c1-16-6-9-24(10-7-16)32(28,29)18-4-5-20-19(13-18)25(22(27)8-12-31-20)15-21(26)23-14-17-3-2-11-30-17/h4-5,13,16-17H,2-3,6-12,14-15H2,1H3,(H,23,26). The molecule has 10 heteroatoms. The molecule has 8 nitrogen and oxygen atoms in total. The summed E-state index contributed by atoms with van der Waals surface area (Å²) in [5, 5.41) is 2.85. The Hall–Kier alpha value is -1.62. The summed E-state index contributed by atoms with van der Waals surface area (Å²) in [6.07, 6.45) is 3.91. The van der Waals surface area contributed by atoms with Gasteiger partial charge in [-0.3, -0.25) is 9.59 Å². The van der Waals surface area contributed by atoms with E-state index in [1.165, 1.54) is 21.0 Å². The molecule has 2 amide bonds. The molecule has 3 aliphatic rings. The Morgan fingerprint density at radius 1 is 1.25 bits per heavy atom. The Morgan fingerprint density at radius 3 is 2.75 bits per heavy atom. The van der Waals surface area contributed by atoms with Gasteiger partial charge in [0.2, 0.25) is 21.8 Å². The fraction of sp³-hybridized carbons (Fsp3) is 0.636. The number of amides is 2. The molecule has 0 aliphatic carbocycles. The first-order valence-electron chi connectivity index (χ1n) is 11.3. The summed E-state index contributed by atoms with van der Waals surface area (Å²) in [5.41, 5.74) is 0.496. The van der Waals surface area contributed by atoms with Gasteiger partial charge in [0.1, 0.15) is 6.54 Å². The number of carbonyl (C=O) groups excluding carboxylic acids is 2. The van der Waals surface area contributed by atoms with E-state index in [2.05, 4.69) is 12.2 Å². The average molecular weight is 482 g/mol. The molecule has 0 bridgehead atoms. The van der Waals surface area contributed by atoms with Gasteiger partial charge in [-0.2, -0.15) is 4.31 Å². The topological polar surface area (TPSA) is 96.0 Å². The molecule has 1 aromatic rings. The number of fused-ring (bicyclic) bond motifs is 1. The van der Waals surface area contributed by atoms with Gasteiger partial charge in [-0.15, -0.1) is 11.8 Å². The molecule has 0 aromatic heterocycles. The second-order valence-corrected chi connectivity index (χ2v) is 11.8. The van der Waals surface area contributed by atoms with Crippen LogP contribution in [0.15, 0.2) is 28.0 Å². The minimum Gasteiger partial charge on any atom is -0.376 e. The molecule has 2 saturated heterocycles. The number of benzene rings is 1. The van der Waals surface area contributed by atoms with Crippen molar-refractivity contribution in [2.75, 3.05) is 43.4 Å². The summed E-state index contributed by atoms with van der Waals surface area (Å²) in [5.74, 6) is 0.664. The van der Waals surface area contributed by atoms with E-state index in [0.717, 1.165) is 30.6 Å². The Labute approximate surface area is 194 Å². The van der Waals surface area contributed by atoms with Crippen molar-refractivity contribution in [3.63, 3.8) is 0 Å². The van der Waals surface area contributed by atoms with E-state index in [-0.39, 0.29) is 29.4 Å². The number of sulfonamides is 1. The lowest BCUT2D eigenvalue weighted by atomic mass is 10.0. The highest BCUT2D eigenvalue weighted by atomic mass is 32.2. The fourth-order valence-electron chi connectivity index (χ4n) is 4.29. The minimum absolute atomic E-state index is 0.0191. The molecule has 1 atom stereocenters. The molecule has 0 saturated carbocycles. The van der Waals surface area contributed by atoms with E-state index in [9.17, 15) is 18.0 Å². The van der Waals surface area contributed by atoms with Gasteiger partial charge in [0.05, 0.1) is 16.7 Å². The summed E-state index contributed by atoms with van der Waals surface area (Å²) in [4.78, 5) is 27.8. The maximum atomic E-state index is 13.2. The summed E-state index contributed by atoms with van der Waals surface area (Å²) in [6, 6.07) is 4.94. The maximum absolute atomic E-state index is 13.2. The number of thioether (sulfide) groups is 1. The van der Waals surface area contributed by atoms with E-state index >= 15 is 0 Å². The number of carbonyl (C=O) groups is 2. The molecular formula is C22H31N3O5S2. The Morgan fingerprint density at radius 2 is 2.03 bits per heavy atom. The van der Waals surface area contributed by atoms with Crippen molar-refractivity contribution in [2.24, 2.45) is 5.92 Å². The zero-order valence-corrected chi connectivity index (χ0v) is 20.1. The first kappa shape index (κ1) is 23.5. The van der Waals surface area contributed by atoms with Gasteiger partial charge in [0.25, 0.3) is 0 Å². The molecule has 1 N–H and O–H groups in total.